The molecule has 0 saturated carbocycles. The molecule has 2 aromatic rings. The molecule has 1 aromatic heterocycles. The summed E-state index contributed by atoms with van der Waals surface area (Å²) in [5.74, 6) is 0. The molecule has 0 spiro atoms. The van der Waals surface area contributed by atoms with Crippen LogP contribution in [0, 0.1) is 20.8 Å². The summed E-state index contributed by atoms with van der Waals surface area (Å²) in [7, 11) is 0. The zero-order chi connectivity index (χ0) is 14.9. The summed E-state index contributed by atoms with van der Waals surface area (Å²) >= 11 is 5.06. The smallest absolute Gasteiger partial charge is 0.192 e. The first-order valence-electron chi connectivity index (χ1n) is 6.35. The number of hydrogen-bond donors (Lipinski definition) is 1. The van der Waals surface area contributed by atoms with Crippen LogP contribution >= 0.6 is 27.7 Å². The molecule has 0 fully saturated rings. The highest BCUT2D eigenvalue weighted by atomic mass is 79.9. The van der Waals surface area contributed by atoms with Crippen LogP contribution in [0.1, 0.15) is 35.5 Å². The van der Waals surface area contributed by atoms with Gasteiger partial charge < -0.3 is 5.11 Å². The van der Waals surface area contributed by atoms with Gasteiger partial charge in [0, 0.05) is 20.8 Å². The van der Waals surface area contributed by atoms with Gasteiger partial charge in [-0.25, -0.2) is 9.97 Å². The van der Waals surface area contributed by atoms with Gasteiger partial charge in [0.05, 0.1) is 6.10 Å². The van der Waals surface area contributed by atoms with E-state index in [1.54, 1.807) is 6.92 Å². The van der Waals surface area contributed by atoms with E-state index in [-0.39, 0.29) is 0 Å². The summed E-state index contributed by atoms with van der Waals surface area (Å²) in [6, 6.07) is 5.83. The maximum Gasteiger partial charge on any atom is 0.192 e. The molecular formula is C15H17BrN2OS. The molecule has 0 saturated heterocycles. The fraction of sp³-hybridized carbons (Fsp3) is 0.333. The largest absolute Gasteiger partial charge is 0.389 e. The minimum atomic E-state index is -0.467. The molecule has 106 valence electrons. The van der Waals surface area contributed by atoms with Crippen molar-refractivity contribution in [1.29, 1.82) is 0 Å². The SMILES string of the molecule is Cc1nc(Sc2ccc(C(C)O)cc2Br)nc(C)c1C. The molecule has 0 amide bonds. The molecule has 0 aliphatic carbocycles. The van der Waals surface area contributed by atoms with Crippen molar-refractivity contribution in [3.05, 3.63) is 45.2 Å². The number of rotatable bonds is 3. The van der Waals surface area contributed by atoms with Crippen molar-refractivity contribution in [1.82, 2.24) is 9.97 Å². The minimum absolute atomic E-state index is 0.467. The van der Waals surface area contributed by atoms with Crippen molar-refractivity contribution in [2.75, 3.05) is 0 Å². The second-order valence-electron chi connectivity index (χ2n) is 4.77. The van der Waals surface area contributed by atoms with E-state index < -0.39 is 6.10 Å². The highest BCUT2D eigenvalue weighted by Gasteiger charge is 2.10. The van der Waals surface area contributed by atoms with Gasteiger partial charge in [0.15, 0.2) is 5.16 Å². The van der Waals surface area contributed by atoms with Crippen molar-refractivity contribution in [2.45, 2.75) is 43.9 Å². The van der Waals surface area contributed by atoms with E-state index in [2.05, 4.69) is 25.9 Å². The summed E-state index contributed by atoms with van der Waals surface area (Å²) in [5, 5.41) is 10.3. The van der Waals surface area contributed by atoms with Gasteiger partial charge in [0.25, 0.3) is 0 Å². The number of aryl methyl sites for hydroxylation is 2. The van der Waals surface area contributed by atoms with Gasteiger partial charge in [-0.1, -0.05) is 6.07 Å². The molecule has 1 N–H and O–H groups in total. The second-order valence-corrected chi connectivity index (χ2v) is 6.63. The van der Waals surface area contributed by atoms with Crippen molar-refractivity contribution < 1.29 is 5.11 Å². The quantitative estimate of drug-likeness (QED) is 0.833. The van der Waals surface area contributed by atoms with E-state index in [0.29, 0.717) is 0 Å². The van der Waals surface area contributed by atoms with Crippen LogP contribution < -0.4 is 0 Å². The third-order valence-corrected chi connectivity index (χ3v) is 5.11. The zero-order valence-electron chi connectivity index (χ0n) is 11.9. The maximum atomic E-state index is 9.58. The van der Waals surface area contributed by atoms with Crippen LogP contribution in [0.4, 0.5) is 0 Å². The van der Waals surface area contributed by atoms with E-state index in [4.69, 9.17) is 0 Å². The molecule has 2 rings (SSSR count). The van der Waals surface area contributed by atoms with E-state index >= 15 is 0 Å². The molecule has 1 aromatic carbocycles. The summed E-state index contributed by atoms with van der Waals surface area (Å²) in [6.45, 7) is 7.79. The van der Waals surface area contributed by atoms with Crippen molar-refractivity contribution in [3.8, 4) is 0 Å². The van der Waals surface area contributed by atoms with Crippen LogP contribution in [-0.2, 0) is 0 Å². The van der Waals surface area contributed by atoms with Crippen LogP contribution in [-0.4, -0.2) is 15.1 Å². The van der Waals surface area contributed by atoms with Gasteiger partial charge in [0.1, 0.15) is 0 Å². The lowest BCUT2D eigenvalue weighted by atomic mass is 10.1. The first kappa shape index (κ1) is 15.5. The molecule has 1 atom stereocenters. The molecule has 1 unspecified atom stereocenters. The monoisotopic (exact) mass is 352 g/mol. The van der Waals surface area contributed by atoms with Gasteiger partial charge in [-0.2, -0.15) is 0 Å². The molecule has 3 nitrogen and oxygen atoms in total. The first-order valence-corrected chi connectivity index (χ1v) is 7.96. The molecule has 0 aliphatic heterocycles. The van der Waals surface area contributed by atoms with Crippen LogP contribution in [0.25, 0.3) is 0 Å². The molecule has 0 aliphatic rings. The summed E-state index contributed by atoms with van der Waals surface area (Å²) in [5.41, 5.74) is 4.05. The number of benzene rings is 1. The van der Waals surface area contributed by atoms with E-state index in [0.717, 1.165) is 37.0 Å². The third-order valence-electron chi connectivity index (χ3n) is 3.25. The maximum absolute atomic E-state index is 9.58. The Labute approximate surface area is 132 Å². The standard InChI is InChI=1S/C15H17BrN2OS/c1-8-9(2)17-15(18-10(8)3)20-14-6-5-12(11(4)19)7-13(14)16/h5-7,11,19H,1-4H3. The summed E-state index contributed by atoms with van der Waals surface area (Å²) in [4.78, 5) is 10.1. The van der Waals surface area contributed by atoms with Gasteiger partial charge in [-0.15, -0.1) is 0 Å². The number of aliphatic hydroxyl groups excluding tert-OH is 1. The van der Waals surface area contributed by atoms with Crippen molar-refractivity contribution >= 4 is 27.7 Å². The first-order chi connectivity index (χ1) is 9.38. The Balaban J connectivity index is 2.31. The highest BCUT2D eigenvalue weighted by molar-refractivity contribution is 9.10. The fourth-order valence-electron chi connectivity index (χ4n) is 1.75. The molecule has 5 heteroatoms. The number of nitrogens with zero attached hydrogens (tertiary/aromatic N) is 2. The number of halogens is 1. The normalized spacial score (nSPS) is 12.5. The third kappa shape index (κ3) is 3.40. The Morgan fingerprint density at radius 3 is 2.25 bits per heavy atom. The Morgan fingerprint density at radius 2 is 1.75 bits per heavy atom. The second kappa shape index (κ2) is 6.24. The molecular weight excluding hydrogens is 336 g/mol. The average molecular weight is 353 g/mol. The lowest BCUT2D eigenvalue weighted by Crippen LogP contribution is -1.98. The van der Waals surface area contributed by atoms with E-state index in [1.807, 2.05) is 39.0 Å². The van der Waals surface area contributed by atoms with Crippen molar-refractivity contribution in [2.24, 2.45) is 0 Å². The van der Waals surface area contributed by atoms with Gasteiger partial charge in [-0.05, 0) is 78.6 Å². The predicted octanol–water partition coefficient (Wildman–Crippen LogP) is 4.37. The van der Waals surface area contributed by atoms with E-state index in [1.165, 1.54) is 11.8 Å². The highest BCUT2D eigenvalue weighted by Crippen LogP contribution is 2.33. The lowest BCUT2D eigenvalue weighted by Gasteiger charge is -2.10. The molecule has 20 heavy (non-hydrogen) atoms. The van der Waals surface area contributed by atoms with Crippen LogP contribution in [0.15, 0.2) is 32.7 Å². The minimum Gasteiger partial charge on any atom is -0.389 e. The number of aromatic nitrogens is 2. The Hall–Kier alpha value is -0.910. The fourth-order valence-corrected chi connectivity index (χ4v) is 3.24. The van der Waals surface area contributed by atoms with Crippen LogP contribution in [0.2, 0.25) is 0 Å². The number of aliphatic hydroxyl groups is 1. The molecule has 0 radical (unpaired) electrons. The van der Waals surface area contributed by atoms with Crippen LogP contribution in [0.5, 0.6) is 0 Å². The molecule has 0 bridgehead atoms. The Kier molecular flexibility index (Phi) is 4.83. The average Bonchev–Trinajstić information content (AvgIpc) is 2.38. The lowest BCUT2D eigenvalue weighted by molar-refractivity contribution is 0.199. The predicted molar refractivity (Wildman–Crippen MR) is 85.1 cm³/mol. The Bertz CT molecular complexity index is 621. The van der Waals surface area contributed by atoms with Crippen molar-refractivity contribution in [3.63, 3.8) is 0 Å². The van der Waals surface area contributed by atoms with E-state index in [9.17, 15) is 5.11 Å². The summed E-state index contributed by atoms with van der Waals surface area (Å²) in [6.07, 6.45) is -0.467. The van der Waals surface area contributed by atoms with Crippen LogP contribution in [0.3, 0.4) is 0 Å². The topological polar surface area (TPSA) is 46.0 Å². The Morgan fingerprint density at radius 1 is 1.15 bits per heavy atom. The van der Waals surface area contributed by atoms with Gasteiger partial charge >= 0.3 is 0 Å². The zero-order valence-corrected chi connectivity index (χ0v) is 14.3. The number of hydrogen-bond acceptors (Lipinski definition) is 4. The molecule has 1 heterocycles. The summed E-state index contributed by atoms with van der Waals surface area (Å²) < 4.78 is 0.945. The van der Waals surface area contributed by atoms with Gasteiger partial charge in [-0.3, -0.25) is 0 Å². The van der Waals surface area contributed by atoms with Gasteiger partial charge in [0.2, 0.25) is 0 Å².